The lowest BCUT2D eigenvalue weighted by Crippen LogP contribution is -2.44. The fourth-order valence-electron chi connectivity index (χ4n) is 4.68. The van der Waals surface area contributed by atoms with Gasteiger partial charge in [-0.15, -0.1) is 6.58 Å². The first kappa shape index (κ1) is 25.9. The summed E-state index contributed by atoms with van der Waals surface area (Å²) in [6.07, 6.45) is 0.935. The van der Waals surface area contributed by atoms with Crippen LogP contribution in [0.2, 0.25) is 32.2 Å². The fourth-order valence-corrected chi connectivity index (χ4v) is 9.44. The van der Waals surface area contributed by atoms with E-state index in [0.29, 0.717) is 12.8 Å². The second-order valence-corrected chi connectivity index (χ2v) is 19.8. The van der Waals surface area contributed by atoms with Gasteiger partial charge in [0.05, 0.1) is 8.07 Å². The summed E-state index contributed by atoms with van der Waals surface area (Å²) in [6, 6.07) is 32.7. The van der Waals surface area contributed by atoms with Crippen LogP contribution in [0, 0.1) is 0 Å². The van der Waals surface area contributed by atoms with E-state index in [4.69, 9.17) is 0 Å². The van der Waals surface area contributed by atoms with Gasteiger partial charge in [-0.3, -0.25) is 4.79 Å². The minimum Gasteiger partial charge on any atom is -0.299 e. The highest BCUT2D eigenvalue weighted by Crippen LogP contribution is 2.33. The van der Waals surface area contributed by atoms with Gasteiger partial charge in [0.2, 0.25) is 0 Å². The van der Waals surface area contributed by atoms with Gasteiger partial charge in [-0.25, -0.2) is 0 Å². The Morgan fingerprint density at radius 1 is 0.735 bits per heavy atom. The molecule has 3 heteroatoms. The van der Waals surface area contributed by atoms with Crippen molar-refractivity contribution in [3.05, 3.63) is 120 Å². The minimum atomic E-state index is -1.92. The molecule has 3 rings (SSSR count). The Morgan fingerprint density at radius 2 is 1.21 bits per heavy atom. The molecule has 0 aliphatic rings. The van der Waals surface area contributed by atoms with Crippen LogP contribution in [-0.2, 0) is 4.79 Å². The number of Topliss-reactive ketones (excluding diaryl/α,β-unsaturated/α-hetero) is 1. The van der Waals surface area contributed by atoms with Gasteiger partial charge >= 0.3 is 0 Å². The largest absolute Gasteiger partial charge is 0.299 e. The van der Waals surface area contributed by atoms with Crippen molar-refractivity contribution in [3.63, 3.8) is 0 Å². The molecule has 0 fully saturated rings. The minimum absolute atomic E-state index is 0.0403. The summed E-state index contributed by atoms with van der Waals surface area (Å²) in [5, 5.41) is 3.85. The number of benzene rings is 3. The van der Waals surface area contributed by atoms with Gasteiger partial charge < -0.3 is 0 Å². The summed E-state index contributed by atoms with van der Waals surface area (Å²) in [5.74, 6) is 0.300. The van der Waals surface area contributed by atoms with Gasteiger partial charge in [-0.2, -0.15) is 0 Å². The Hall–Kier alpha value is -2.76. The van der Waals surface area contributed by atoms with E-state index in [-0.39, 0.29) is 11.7 Å². The maximum atomic E-state index is 13.4. The molecule has 0 amide bonds. The van der Waals surface area contributed by atoms with E-state index < -0.39 is 16.1 Å². The highest BCUT2D eigenvalue weighted by molar-refractivity contribution is 6.95. The third-order valence-electron chi connectivity index (χ3n) is 7.14. The molecule has 1 nitrogen and oxygen atoms in total. The summed E-state index contributed by atoms with van der Waals surface area (Å²) in [4.78, 5) is 13.4. The monoisotopic (exact) mass is 482 g/mol. The Kier molecular flexibility index (Phi) is 8.45. The molecule has 0 heterocycles. The molecular weight excluding hydrogens is 445 g/mol. The summed E-state index contributed by atoms with van der Waals surface area (Å²) < 4.78 is 0. The van der Waals surface area contributed by atoms with Gasteiger partial charge in [0.1, 0.15) is 13.9 Å². The van der Waals surface area contributed by atoms with Crippen LogP contribution in [0.15, 0.2) is 115 Å². The standard InChI is InChI=1S/C31H38OSi2/c1-25(24-33(3,4)29-18-12-8-13-19-29)31(27-16-10-7-11-17-27)23-28(32)22-26(2)34(5,6)30-20-14-9-15-21-30/h7-21,31H,1-2,22-24H2,3-6H3. The maximum Gasteiger partial charge on any atom is 0.137 e. The van der Waals surface area contributed by atoms with E-state index in [1.807, 2.05) is 12.1 Å². The maximum absolute atomic E-state index is 13.4. The van der Waals surface area contributed by atoms with Crippen LogP contribution in [0.3, 0.4) is 0 Å². The van der Waals surface area contributed by atoms with E-state index in [0.717, 1.165) is 11.2 Å². The third-order valence-corrected chi connectivity index (χ3v) is 14.1. The van der Waals surface area contributed by atoms with Crippen molar-refractivity contribution in [3.8, 4) is 0 Å². The zero-order chi connectivity index (χ0) is 24.8. The second kappa shape index (κ2) is 11.1. The number of carbonyl (C=O) groups is 1. The molecule has 0 saturated carbocycles. The van der Waals surface area contributed by atoms with Gasteiger partial charge in [0.15, 0.2) is 0 Å². The Morgan fingerprint density at radius 3 is 1.74 bits per heavy atom. The predicted molar refractivity (Wildman–Crippen MR) is 154 cm³/mol. The molecule has 1 unspecified atom stereocenters. The van der Waals surface area contributed by atoms with Crippen LogP contribution in [0.5, 0.6) is 0 Å². The van der Waals surface area contributed by atoms with E-state index in [9.17, 15) is 4.79 Å². The van der Waals surface area contributed by atoms with Crippen LogP contribution in [0.25, 0.3) is 0 Å². The first-order valence-corrected chi connectivity index (χ1v) is 18.4. The van der Waals surface area contributed by atoms with Crippen molar-refractivity contribution in [1.82, 2.24) is 0 Å². The van der Waals surface area contributed by atoms with Crippen LogP contribution < -0.4 is 10.4 Å². The molecule has 34 heavy (non-hydrogen) atoms. The van der Waals surface area contributed by atoms with Crippen molar-refractivity contribution < 1.29 is 4.79 Å². The van der Waals surface area contributed by atoms with Crippen LogP contribution in [0.1, 0.15) is 24.3 Å². The molecule has 0 aromatic heterocycles. The van der Waals surface area contributed by atoms with Crippen LogP contribution in [-0.4, -0.2) is 21.9 Å². The van der Waals surface area contributed by atoms with Gasteiger partial charge in [0.25, 0.3) is 0 Å². The van der Waals surface area contributed by atoms with Crippen molar-refractivity contribution in [2.75, 3.05) is 0 Å². The molecule has 3 aromatic rings. The molecule has 3 aromatic carbocycles. The van der Waals surface area contributed by atoms with Gasteiger partial charge in [0, 0.05) is 18.8 Å². The SMILES string of the molecule is C=C(C[Si](C)(C)c1ccccc1)C(CC(=O)CC(=C)[Si](C)(C)c1ccccc1)c1ccccc1. The van der Waals surface area contributed by atoms with Crippen molar-refractivity contribution in [1.29, 1.82) is 0 Å². The van der Waals surface area contributed by atoms with Gasteiger partial charge in [-0.05, 0) is 11.6 Å². The highest BCUT2D eigenvalue weighted by Gasteiger charge is 2.31. The van der Waals surface area contributed by atoms with E-state index >= 15 is 0 Å². The fraction of sp³-hybridized carbons (Fsp3) is 0.258. The molecule has 0 aliphatic carbocycles. The molecule has 0 spiro atoms. The molecule has 0 aliphatic heterocycles. The first-order chi connectivity index (χ1) is 16.1. The Labute approximate surface area is 208 Å². The van der Waals surface area contributed by atoms with Crippen LogP contribution in [0.4, 0.5) is 0 Å². The lowest BCUT2D eigenvalue weighted by Gasteiger charge is -2.29. The molecule has 0 saturated heterocycles. The van der Waals surface area contributed by atoms with Crippen molar-refractivity contribution in [2.24, 2.45) is 0 Å². The normalized spacial score (nSPS) is 12.7. The lowest BCUT2D eigenvalue weighted by molar-refractivity contribution is -0.118. The topological polar surface area (TPSA) is 17.1 Å². The number of hydrogen-bond acceptors (Lipinski definition) is 1. The van der Waals surface area contributed by atoms with Crippen molar-refractivity contribution in [2.45, 2.75) is 51.0 Å². The molecule has 0 bridgehead atoms. The Balaban J connectivity index is 1.77. The molecule has 176 valence electrons. The number of allylic oxidation sites excluding steroid dienone is 2. The molecule has 0 radical (unpaired) electrons. The van der Waals surface area contributed by atoms with Crippen LogP contribution >= 0.6 is 0 Å². The number of rotatable bonds is 11. The Bertz CT molecular complexity index is 1120. The molecule has 1 atom stereocenters. The quantitative estimate of drug-likeness (QED) is 0.212. The zero-order valence-electron chi connectivity index (χ0n) is 21.2. The number of ketones is 1. The van der Waals surface area contributed by atoms with Gasteiger partial charge in [-0.1, -0.05) is 145 Å². The van der Waals surface area contributed by atoms with E-state index in [1.54, 1.807) is 0 Å². The summed E-state index contributed by atoms with van der Waals surface area (Å²) in [6.45, 7) is 18.3. The predicted octanol–water partition coefficient (Wildman–Crippen LogP) is 7.00. The van der Waals surface area contributed by atoms with E-state index in [2.05, 4.69) is 118 Å². The number of carbonyl (C=O) groups excluding carboxylic acids is 1. The summed E-state index contributed by atoms with van der Waals surface area (Å²) in [5.41, 5.74) is 2.36. The summed E-state index contributed by atoms with van der Waals surface area (Å²) >= 11 is 0. The number of hydrogen-bond donors (Lipinski definition) is 0. The molecule has 0 N–H and O–H groups in total. The van der Waals surface area contributed by atoms with Crippen molar-refractivity contribution >= 4 is 32.3 Å². The lowest BCUT2D eigenvalue weighted by atomic mass is 9.87. The highest BCUT2D eigenvalue weighted by atomic mass is 28.3. The smallest absolute Gasteiger partial charge is 0.137 e. The molecular formula is C31H38OSi2. The first-order valence-electron chi connectivity index (χ1n) is 12.1. The van der Waals surface area contributed by atoms with E-state index in [1.165, 1.54) is 21.5 Å². The average molecular weight is 483 g/mol. The average Bonchev–Trinajstić information content (AvgIpc) is 2.83. The third kappa shape index (κ3) is 6.43. The second-order valence-electron chi connectivity index (χ2n) is 10.6. The summed E-state index contributed by atoms with van der Waals surface area (Å²) in [7, 11) is -3.63. The zero-order valence-corrected chi connectivity index (χ0v) is 23.2.